The van der Waals surface area contributed by atoms with Gasteiger partial charge in [0.1, 0.15) is 5.75 Å². The van der Waals surface area contributed by atoms with Gasteiger partial charge in [0, 0.05) is 11.6 Å². The first-order valence-corrected chi connectivity index (χ1v) is 4.78. The summed E-state index contributed by atoms with van der Waals surface area (Å²) in [6, 6.07) is 5.10. The van der Waals surface area contributed by atoms with E-state index in [1.807, 2.05) is 0 Å². The molecule has 1 saturated heterocycles. The number of hydrogen-bond acceptors (Lipinski definition) is 4. The minimum atomic E-state index is -0.363. The van der Waals surface area contributed by atoms with Crippen LogP contribution in [0.3, 0.4) is 0 Å². The number of hydrogen-bond donors (Lipinski definition) is 1. The first-order valence-electron chi connectivity index (χ1n) is 4.78. The van der Waals surface area contributed by atoms with E-state index in [1.54, 1.807) is 12.1 Å². The van der Waals surface area contributed by atoms with E-state index in [-0.39, 0.29) is 16.7 Å². The summed E-state index contributed by atoms with van der Waals surface area (Å²) in [7, 11) is 1.50. The second-order valence-corrected chi connectivity index (χ2v) is 3.48. The SMILES string of the molecule is COc1ccc(C2CCN2)c([N+](=O)[O-])c1. The maximum absolute atomic E-state index is 10.9. The average molecular weight is 208 g/mol. The molecule has 0 amide bonds. The van der Waals surface area contributed by atoms with Crippen molar-refractivity contribution in [3.63, 3.8) is 0 Å². The van der Waals surface area contributed by atoms with Crippen LogP contribution in [0, 0.1) is 10.1 Å². The van der Waals surface area contributed by atoms with E-state index < -0.39 is 0 Å². The second kappa shape index (κ2) is 3.86. The highest BCUT2D eigenvalue weighted by Crippen LogP contribution is 2.33. The molecule has 80 valence electrons. The van der Waals surface area contributed by atoms with Crippen molar-refractivity contribution < 1.29 is 9.66 Å². The molecule has 1 aromatic rings. The summed E-state index contributed by atoms with van der Waals surface area (Å²) in [5.74, 6) is 0.518. The lowest BCUT2D eigenvalue weighted by Crippen LogP contribution is -2.35. The van der Waals surface area contributed by atoms with Gasteiger partial charge in [-0.3, -0.25) is 10.1 Å². The number of nitrogens with zero attached hydrogens (tertiary/aromatic N) is 1. The number of ether oxygens (including phenoxy) is 1. The normalized spacial score (nSPS) is 19.4. The van der Waals surface area contributed by atoms with Gasteiger partial charge < -0.3 is 10.1 Å². The van der Waals surface area contributed by atoms with Crippen LogP contribution in [0.1, 0.15) is 18.0 Å². The van der Waals surface area contributed by atoms with E-state index in [0.29, 0.717) is 5.75 Å². The van der Waals surface area contributed by atoms with Crippen molar-refractivity contribution in [3.8, 4) is 5.75 Å². The second-order valence-electron chi connectivity index (χ2n) is 3.48. The molecular weight excluding hydrogens is 196 g/mol. The molecule has 0 bridgehead atoms. The Kier molecular flexibility index (Phi) is 2.55. The van der Waals surface area contributed by atoms with Crippen LogP contribution in [0.2, 0.25) is 0 Å². The van der Waals surface area contributed by atoms with Gasteiger partial charge in [-0.1, -0.05) is 0 Å². The highest BCUT2D eigenvalue weighted by molar-refractivity contribution is 5.48. The van der Waals surface area contributed by atoms with E-state index in [9.17, 15) is 10.1 Å². The van der Waals surface area contributed by atoms with Crippen LogP contribution in [0.25, 0.3) is 0 Å². The number of nitrogens with one attached hydrogen (secondary N) is 1. The van der Waals surface area contributed by atoms with Crippen molar-refractivity contribution in [1.29, 1.82) is 0 Å². The van der Waals surface area contributed by atoms with E-state index >= 15 is 0 Å². The molecule has 1 N–H and O–H groups in total. The Balaban J connectivity index is 2.39. The quantitative estimate of drug-likeness (QED) is 0.605. The molecule has 1 atom stereocenters. The molecule has 15 heavy (non-hydrogen) atoms. The van der Waals surface area contributed by atoms with Crippen LogP contribution >= 0.6 is 0 Å². The predicted octanol–water partition coefficient (Wildman–Crippen LogP) is 1.64. The van der Waals surface area contributed by atoms with Crippen LogP contribution in [0.5, 0.6) is 5.75 Å². The maximum atomic E-state index is 10.9. The summed E-state index contributed by atoms with van der Waals surface area (Å²) in [5, 5.41) is 14.0. The summed E-state index contributed by atoms with van der Waals surface area (Å²) in [5.41, 5.74) is 0.874. The average Bonchev–Trinajstić information content (AvgIpc) is 2.15. The first-order chi connectivity index (χ1) is 7.22. The minimum absolute atomic E-state index is 0.122. The zero-order valence-electron chi connectivity index (χ0n) is 8.40. The van der Waals surface area contributed by atoms with Crippen molar-refractivity contribution in [2.24, 2.45) is 0 Å². The highest BCUT2D eigenvalue weighted by atomic mass is 16.6. The summed E-state index contributed by atoms with van der Waals surface area (Å²) in [6.07, 6.45) is 0.952. The van der Waals surface area contributed by atoms with Crippen LogP contribution in [0.15, 0.2) is 18.2 Å². The van der Waals surface area contributed by atoms with Crippen LogP contribution < -0.4 is 10.1 Å². The van der Waals surface area contributed by atoms with Gasteiger partial charge in [-0.25, -0.2) is 0 Å². The van der Waals surface area contributed by atoms with E-state index in [2.05, 4.69) is 5.32 Å². The van der Waals surface area contributed by atoms with Gasteiger partial charge in [0.25, 0.3) is 5.69 Å². The Bertz CT molecular complexity index is 388. The predicted molar refractivity (Wildman–Crippen MR) is 55.0 cm³/mol. The molecule has 1 aromatic carbocycles. The van der Waals surface area contributed by atoms with E-state index in [4.69, 9.17) is 4.74 Å². The molecule has 5 nitrogen and oxygen atoms in total. The molecule has 1 aliphatic heterocycles. The molecule has 2 rings (SSSR count). The van der Waals surface area contributed by atoms with Gasteiger partial charge in [-0.15, -0.1) is 0 Å². The maximum Gasteiger partial charge on any atom is 0.277 e. The molecule has 1 aliphatic rings. The monoisotopic (exact) mass is 208 g/mol. The molecule has 1 fully saturated rings. The van der Waals surface area contributed by atoms with Crippen LogP contribution in [-0.2, 0) is 0 Å². The summed E-state index contributed by atoms with van der Waals surface area (Å²) in [6.45, 7) is 0.924. The Morgan fingerprint density at radius 3 is 2.80 bits per heavy atom. The van der Waals surface area contributed by atoms with Gasteiger partial charge in [0.2, 0.25) is 0 Å². The number of benzene rings is 1. The third kappa shape index (κ3) is 1.78. The van der Waals surface area contributed by atoms with Gasteiger partial charge in [-0.05, 0) is 25.1 Å². The van der Waals surface area contributed by atoms with Crippen LogP contribution in [0.4, 0.5) is 5.69 Å². The minimum Gasteiger partial charge on any atom is -0.497 e. The molecule has 1 heterocycles. The molecular formula is C10H12N2O3. The fourth-order valence-electron chi connectivity index (χ4n) is 1.66. The topological polar surface area (TPSA) is 64.4 Å². The third-order valence-corrected chi connectivity index (χ3v) is 2.63. The van der Waals surface area contributed by atoms with Crippen molar-refractivity contribution >= 4 is 5.69 Å². The lowest BCUT2D eigenvalue weighted by Gasteiger charge is -2.27. The molecule has 5 heteroatoms. The lowest BCUT2D eigenvalue weighted by atomic mass is 9.96. The van der Waals surface area contributed by atoms with Gasteiger partial charge >= 0.3 is 0 Å². The Labute approximate surface area is 87.2 Å². The summed E-state index contributed by atoms with van der Waals surface area (Å²) < 4.78 is 4.97. The van der Waals surface area contributed by atoms with E-state index in [0.717, 1.165) is 18.5 Å². The zero-order chi connectivity index (χ0) is 10.8. The van der Waals surface area contributed by atoms with Crippen molar-refractivity contribution in [2.45, 2.75) is 12.5 Å². The fraction of sp³-hybridized carbons (Fsp3) is 0.400. The molecule has 0 spiro atoms. The Morgan fingerprint density at radius 1 is 1.60 bits per heavy atom. The Hall–Kier alpha value is -1.62. The fourth-order valence-corrected chi connectivity index (χ4v) is 1.66. The number of methoxy groups -OCH3 is 1. The molecule has 0 radical (unpaired) electrons. The Morgan fingerprint density at radius 2 is 2.33 bits per heavy atom. The molecule has 0 aromatic heterocycles. The van der Waals surface area contributed by atoms with Crippen molar-refractivity contribution in [3.05, 3.63) is 33.9 Å². The number of nitro groups is 1. The van der Waals surface area contributed by atoms with Gasteiger partial charge in [-0.2, -0.15) is 0 Å². The zero-order valence-corrected chi connectivity index (χ0v) is 8.40. The van der Waals surface area contributed by atoms with Crippen molar-refractivity contribution in [1.82, 2.24) is 5.32 Å². The molecule has 1 unspecified atom stereocenters. The van der Waals surface area contributed by atoms with Crippen molar-refractivity contribution in [2.75, 3.05) is 13.7 Å². The number of nitro benzene ring substituents is 1. The summed E-state index contributed by atoms with van der Waals surface area (Å²) >= 11 is 0. The molecule has 0 saturated carbocycles. The first kappa shape index (κ1) is 9.92. The standard InChI is InChI=1S/C10H12N2O3/c1-15-7-2-3-8(9-4-5-11-9)10(6-7)12(13)14/h2-3,6,9,11H,4-5H2,1H3. The van der Waals surface area contributed by atoms with Gasteiger partial charge in [0.15, 0.2) is 0 Å². The van der Waals surface area contributed by atoms with Gasteiger partial charge in [0.05, 0.1) is 18.1 Å². The smallest absolute Gasteiger partial charge is 0.277 e. The largest absolute Gasteiger partial charge is 0.497 e. The lowest BCUT2D eigenvalue weighted by molar-refractivity contribution is -0.386. The van der Waals surface area contributed by atoms with Crippen LogP contribution in [-0.4, -0.2) is 18.6 Å². The summed E-state index contributed by atoms with van der Waals surface area (Å²) in [4.78, 5) is 10.5. The highest BCUT2D eigenvalue weighted by Gasteiger charge is 2.26. The number of rotatable bonds is 3. The molecule has 0 aliphatic carbocycles. The third-order valence-electron chi connectivity index (χ3n) is 2.63. The van der Waals surface area contributed by atoms with E-state index in [1.165, 1.54) is 13.2 Å².